The molecule has 0 aliphatic carbocycles. The maximum atomic E-state index is 13.2. The number of nitrogens with zero attached hydrogens (tertiary/aromatic N) is 1. The molecule has 0 saturated heterocycles. The van der Waals surface area contributed by atoms with Gasteiger partial charge in [-0.2, -0.15) is 0 Å². The van der Waals surface area contributed by atoms with E-state index in [0.717, 1.165) is 9.27 Å². The highest BCUT2D eigenvalue weighted by molar-refractivity contribution is 8.04. The summed E-state index contributed by atoms with van der Waals surface area (Å²) in [7, 11) is -11.0. The second kappa shape index (κ2) is 10.2. The van der Waals surface area contributed by atoms with Crippen molar-refractivity contribution >= 4 is 36.2 Å². The summed E-state index contributed by atoms with van der Waals surface area (Å²) in [5.74, 6) is -0.185. The van der Waals surface area contributed by atoms with E-state index in [9.17, 15) is 16.8 Å². The van der Waals surface area contributed by atoms with E-state index in [1.165, 1.54) is 0 Å². The van der Waals surface area contributed by atoms with Crippen LogP contribution in [-0.4, -0.2) is 54.2 Å². The number of benzene rings is 1. The summed E-state index contributed by atoms with van der Waals surface area (Å²) in [6.45, 7) is 14.3. The zero-order chi connectivity index (χ0) is 22.5. The minimum absolute atomic E-state index is 0.0927. The molecule has 0 aliphatic heterocycles. The lowest BCUT2D eigenvalue weighted by atomic mass is 10.1. The minimum Gasteiger partial charge on any atom is -0.211 e. The second-order valence-corrected chi connectivity index (χ2v) is 25.8. The fourth-order valence-corrected chi connectivity index (χ4v) is 13.4. The third kappa shape index (κ3) is 9.91. The molecule has 0 aliphatic rings. The topological polar surface area (TPSA) is 71.5 Å². The summed E-state index contributed by atoms with van der Waals surface area (Å²) in [5.41, 5.74) is 1.08. The number of rotatable bonds is 12. The van der Waals surface area contributed by atoms with E-state index >= 15 is 0 Å². The maximum absolute atomic E-state index is 13.2. The highest BCUT2D eigenvalue weighted by Crippen LogP contribution is 2.24. The molecule has 0 saturated carbocycles. The average molecular weight is 478 g/mol. The van der Waals surface area contributed by atoms with Crippen LogP contribution < -0.4 is 0 Å². The first kappa shape index (κ1) is 26.5. The lowest BCUT2D eigenvalue weighted by Gasteiger charge is -2.30. The monoisotopic (exact) mass is 477 g/mol. The molecule has 0 N–H and O–H groups in total. The molecule has 1 rings (SSSR count). The van der Waals surface area contributed by atoms with Crippen molar-refractivity contribution in [2.45, 2.75) is 77.2 Å². The Morgan fingerprint density at radius 2 is 1.21 bits per heavy atom. The van der Waals surface area contributed by atoms with Gasteiger partial charge in [0.05, 0.1) is 11.5 Å². The first-order chi connectivity index (χ1) is 13.0. The van der Waals surface area contributed by atoms with Gasteiger partial charge in [0, 0.05) is 22.2 Å². The van der Waals surface area contributed by atoms with Gasteiger partial charge in [-0.15, -0.1) is 0 Å². The van der Waals surface area contributed by atoms with E-state index in [1.807, 2.05) is 30.3 Å². The zero-order valence-corrected chi connectivity index (χ0v) is 22.7. The van der Waals surface area contributed by atoms with E-state index in [-0.39, 0.29) is 11.5 Å². The molecule has 0 heterocycles. The Hall–Kier alpha value is -0.486. The van der Waals surface area contributed by atoms with Gasteiger partial charge in [0.2, 0.25) is 20.0 Å². The van der Waals surface area contributed by atoms with Crippen LogP contribution in [0.3, 0.4) is 0 Å². The fourth-order valence-electron chi connectivity index (χ4n) is 2.90. The molecule has 0 aromatic heterocycles. The molecule has 1 unspecified atom stereocenters. The van der Waals surface area contributed by atoms with Crippen LogP contribution in [0.2, 0.25) is 51.4 Å². The number of aryl methyl sites for hydroxylation is 1. The minimum atomic E-state index is -3.89. The molecule has 0 radical (unpaired) electrons. The summed E-state index contributed by atoms with van der Waals surface area (Å²) in [6, 6.07) is 10.3. The van der Waals surface area contributed by atoms with Crippen LogP contribution in [0.4, 0.5) is 0 Å². The molecule has 0 bridgehead atoms. The molecule has 0 amide bonds. The number of hydrogen-bond donors (Lipinski definition) is 0. The first-order valence-corrected chi connectivity index (χ1v) is 21.0. The van der Waals surface area contributed by atoms with Gasteiger partial charge in [0.15, 0.2) is 0 Å². The van der Waals surface area contributed by atoms with E-state index in [1.54, 1.807) is 6.92 Å². The van der Waals surface area contributed by atoms with Crippen molar-refractivity contribution in [1.29, 1.82) is 0 Å². The summed E-state index contributed by atoms with van der Waals surface area (Å²) in [6.07, 6.45) is 1.12. The van der Waals surface area contributed by atoms with Crippen LogP contribution in [0.15, 0.2) is 30.3 Å². The Kier molecular flexibility index (Phi) is 9.35. The molecule has 0 fully saturated rings. The summed E-state index contributed by atoms with van der Waals surface area (Å²) in [4.78, 5) is 0. The summed E-state index contributed by atoms with van der Waals surface area (Å²) in [5, 5.41) is 0. The normalized spacial score (nSPS) is 14.9. The van der Waals surface area contributed by atoms with Crippen molar-refractivity contribution in [3.05, 3.63) is 35.9 Å². The Morgan fingerprint density at radius 1 is 0.793 bits per heavy atom. The summed E-state index contributed by atoms with van der Waals surface area (Å²) < 4.78 is 53.6. The molecule has 1 aromatic carbocycles. The highest BCUT2D eigenvalue weighted by atomic mass is 32.3. The molecule has 29 heavy (non-hydrogen) atoms. The van der Waals surface area contributed by atoms with Gasteiger partial charge in [0.25, 0.3) is 0 Å². The van der Waals surface area contributed by atoms with Crippen molar-refractivity contribution in [2.24, 2.45) is 0 Å². The Morgan fingerprint density at radius 3 is 1.59 bits per heavy atom. The molecule has 1 atom stereocenters. The van der Waals surface area contributed by atoms with Crippen molar-refractivity contribution in [1.82, 2.24) is 3.71 Å². The van der Waals surface area contributed by atoms with Gasteiger partial charge < -0.3 is 0 Å². The third-order valence-electron chi connectivity index (χ3n) is 4.82. The van der Waals surface area contributed by atoms with E-state index in [2.05, 4.69) is 39.3 Å². The van der Waals surface area contributed by atoms with Crippen LogP contribution in [0.25, 0.3) is 0 Å². The molecular formula is C20H39NO4S2Si2. The van der Waals surface area contributed by atoms with Crippen molar-refractivity contribution in [2.75, 3.05) is 11.5 Å². The zero-order valence-electron chi connectivity index (χ0n) is 19.1. The van der Waals surface area contributed by atoms with Crippen LogP contribution in [0, 0.1) is 0 Å². The predicted octanol–water partition coefficient (Wildman–Crippen LogP) is 4.65. The predicted molar refractivity (Wildman–Crippen MR) is 130 cm³/mol. The van der Waals surface area contributed by atoms with Gasteiger partial charge in [0.1, 0.15) is 0 Å². The van der Waals surface area contributed by atoms with Crippen molar-refractivity contribution in [3.63, 3.8) is 0 Å². The van der Waals surface area contributed by atoms with Crippen LogP contribution in [0.1, 0.15) is 18.9 Å². The van der Waals surface area contributed by atoms with E-state index < -0.39 is 42.2 Å². The molecule has 0 spiro atoms. The average Bonchev–Trinajstić information content (AvgIpc) is 2.56. The molecule has 168 valence electrons. The Bertz CT molecular complexity index is 795. The Labute approximate surface area is 181 Å². The highest BCUT2D eigenvalue weighted by Gasteiger charge is 2.38. The molecule has 9 heteroatoms. The van der Waals surface area contributed by atoms with E-state index in [4.69, 9.17) is 0 Å². The number of hydrogen-bond acceptors (Lipinski definition) is 4. The standard InChI is InChI=1S/C20H39NO4S2Si2/c1-19(13-14-20-11-9-8-10-12-20)21(26(22,23)15-17-28(2,3)4)27(24,25)16-18-29(5,6)7/h8-12,19H,13-18H2,1-7H3. The Balaban J connectivity index is 3.12. The molecule has 5 nitrogen and oxygen atoms in total. The van der Waals surface area contributed by atoms with Crippen molar-refractivity contribution < 1.29 is 16.8 Å². The SMILES string of the molecule is CC(CCc1ccccc1)N(S(=O)(=O)CC[Si](C)(C)C)S(=O)(=O)CC[Si](C)(C)C. The van der Waals surface area contributed by atoms with Crippen LogP contribution in [-0.2, 0) is 26.5 Å². The summed E-state index contributed by atoms with van der Waals surface area (Å²) >= 11 is 0. The largest absolute Gasteiger partial charge is 0.227 e. The maximum Gasteiger partial charge on any atom is 0.227 e. The third-order valence-corrected chi connectivity index (χ3v) is 13.7. The van der Waals surface area contributed by atoms with Gasteiger partial charge in [-0.1, -0.05) is 73.3 Å². The lowest BCUT2D eigenvalue weighted by molar-refractivity contribution is 0.423. The van der Waals surface area contributed by atoms with Crippen molar-refractivity contribution in [3.8, 4) is 0 Å². The lowest BCUT2D eigenvalue weighted by Crippen LogP contribution is -2.47. The first-order valence-electron chi connectivity index (χ1n) is 10.3. The van der Waals surface area contributed by atoms with Gasteiger partial charge in [-0.05, 0) is 37.4 Å². The molecular weight excluding hydrogens is 439 g/mol. The number of sulfonamides is 2. The fraction of sp³-hybridized carbons (Fsp3) is 0.700. The second-order valence-electron chi connectivity index (χ2n) is 10.4. The van der Waals surface area contributed by atoms with Gasteiger partial charge >= 0.3 is 0 Å². The van der Waals surface area contributed by atoms with Gasteiger partial charge in [-0.25, -0.2) is 16.8 Å². The van der Waals surface area contributed by atoms with Gasteiger partial charge in [-0.3, -0.25) is 0 Å². The molecule has 1 aromatic rings. The quantitative estimate of drug-likeness (QED) is 0.411. The van der Waals surface area contributed by atoms with Crippen LogP contribution >= 0.6 is 0 Å². The van der Waals surface area contributed by atoms with Crippen LogP contribution in [0.5, 0.6) is 0 Å². The smallest absolute Gasteiger partial charge is 0.211 e. The van der Waals surface area contributed by atoms with E-state index in [0.29, 0.717) is 24.9 Å².